The third-order valence-electron chi connectivity index (χ3n) is 4.31. The van der Waals surface area contributed by atoms with Gasteiger partial charge in [0.2, 0.25) is 5.91 Å². The van der Waals surface area contributed by atoms with Crippen molar-refractivity contribution in [2.45, 2.75) is 32.2 Å². The van der Waals surface area contributed by atoms with Crippen LogP contribution in [0.3, 0.4) is 0 Å². The molecule has 1 fully saturated rings. The smallest absolute Gasteiger partial charge is 0.271 e. The van der Waals surface area contributed by atoms with E-state index in [1.54, 1.807) is 18.2 Å². The van der Waals surface area contributed by atoms with Crippen LogP contribution < -0.4 is 5.32 Å². The minimum atomic E-state index is -3.14. The van der Waals surface area contributed by atoms with Crippen LogP contribution in [-0.4, -0.2) is 48.5 Å². The highest BCUT2D eigenvalue weighted by molar-refractivity contribution is 7.91. The number of aryl methyl sites for hydroxylation is 1. The van der Waals surface area contributed by atoms with Crippen molar-refractivity contribution in [3.63, 3.8) is 0 Å². The molecule has 1 atom stereocenters. The van der Waals surface area contributed by atoms with E-state index in [0.29, 0.717) is 17.1 Å². The second kappa shape index (κ2) is 6.76. The highest BCUT2D eigenvalue weighted by Gasteiger charge is 2.37. The molecule has 1 aromatic carbocycles. The van der Waals surface area contributed by atoms with Crippen molar-refractivity contribution in [1.82, 2.24) is 5.01 Å². The summed E-state index contributed by atoms with van der Waals surface area (Å²) in [4.78, 5) is 24.5. The third kappa shape index (κ3) is 4.01. The minimum absolute atomic E-state index is 0.0420. The zero-order chi connectivity index (χ0) is 18.2. The quantitative estimate of drug-likeness (QED) is 0.860. The molecular formula is C16H18ClN3O4S. The predicted octanol–water partition coefficient (Wildman–Crippen LogP) is 1.75. The van der Waals surface area contributed by atoms with Gasteiger partial charge >= 0.3 is 0 Å². The second-order valence-electron chi connectivity index (χ2n) is 6.26. The van der Waals surface area contributed by atoms with E-state index in [1.807, 2.05) is 6.92 Å². The number of rotatable bonds is 3. The van der Waals surface area contributed by atoms with Gasteiger partial charge in [-0.15, -0.1) is 0 Å². The number of benzene rings is 1. The fourth-order valence-corrected chi connectivity index (χ4v) is 4.73. The first-order valence-corrected chi connectivity index (χ1v) is 10.1. The number of nitrogens with one attached hydrogen (secondary N) is 1. The van der Waals surface area contributed by atoms with E-state index in [0.717, 1.165) is 5.56 Å². The number of hydrazone groups is 1. The van der Waals surface area contributed by atoms with Gasteiger partial charge < -0.3 is 5.32 Å². The zero-order valence-corrected chi connectivity index (χ0v) is 15.2. The molecule has 0 spiro atoms. The number of sulfone groups is 1. The zero-order valence-electron chi connectivity index (χ0n) is 13.7. The van der Waals surface area contributed by atoms with Crippen LogP contribution in [0.4, 0.5) is 5.69 Å². The molecule has 1 aromatic rings. The number of hydrogen-bond acceptors (Lipinski definition) is 5. The van der Waals surface area contributed by atoms with Gasteiger partial charge in [-0.2, -0.15) is 5.10 Å². The van der Waals surface area contributed by atoms with Crippen LogP contribution in [0.1, 0.15) is 24.8 Å². The number of hydrogen-bond donors (Lipinski definition) is 1. The monoisotopic (exact) mass is 383 g/mol. The fraction of sp³-hybridized carbons (Fsp3) is 0.438. The van der Waals surface area contributed by atoms with Gasteiger partial charge in [-0.25, -0.2) is 13.4 Å². The lowest BCUT2D eigenvalue weighted by Gasteiger charge is -2.27. The Morgan fingerprint density at radius 3 is 2.76 bits per heavy atom. The molecule has 1 saturated heterocycles. The van der Waals surface area contributed by atoms with Gasteiger partial charge in [0.05, 0.1) is 17.5 Å². The molecule has 25 heavy (non-hydrogen) atoms. The van der Waals surface area contributed by atoms with Crippen molar-refractivity contribution in [2.75, 3.05) is 16.8 Å². The first-order chi connectivity index (χ1) is 11.7. The van der Waals surface area contributed by atoms with Gasteiger partial charge in [-0.1, -0.05) is 17.7 Å². The largest absolute Gasteiger partial charge is 0.321 e. The summed E-state index contributed by atoms with van der Waals surface area (Å²) in [5.41, 5.74) is 1.64. The molecule has 2 amide bonds. The highest BCUT2D eigenvalue weighted by atomic mass is 35.5. The molecule has 0 bridgehead atoms. The molecule has 0 radical (unpaired) electrons. The lowest BCUT2D eigenvalue weighted by Crippen LogP contribution is -2.42. The number of nitrogens with zero attached hydrogens (tertiary/aromatic N) is 2. The van der Waals surface area contributed by atoms with Crippen LogP contribution in [0.15, 0.2) is 23.3 Å². The number of carbonyl (C=O) groups excluding carboxylic acids is 2. The molecule has 3 rings (SSSR count). The molecular weight excluding hydrogens is 366 g/mol. The molecule has 0 aromatic heterocycles. The molecule has 9 heteroatoms. The lowest BCUT2D eigenvalue weighted by molar-refractivity contribution is -0.133. The van der Waals surface area contributed by atoms with E-state index >= 15 is 0 Å². The summed E-state index contributed by atoms with van der Waals surface area (Å²) in [6.45, 7) is 1.86. The third-order valence-corrected chi connectivity index (χ3v) is 6.46. The first kappa shape index (κ1) is 17.9. The summed E-state index contributed by atoms with van der Waals surface area (Å²) in [6, 6.07) is 4.67. The molecule has 0 saturated carbocycles. The molecule has 134 valence electrons. The Morgan fingerprint density at radius 2 is 2.12 bits per heavy atom. The van der Waals surface area contributed by atoms with Crippen molar-refractivity contribution in [2.24, 2.45) is 5.10 Å². The van der Waals surface area contributed by atoms with E-state index < -0.39 is 21.8 Å². The van der Waals surface area contributed by atoms with Crippen molar-refractivity contribution in [1.29, 1.82) is 0 Å². The van der Waals surface area contributed by atoms with E-state index in [4.69, 9.17) is 11.6 Å². The van der Waals surface area contributed by atoms with Crippen molar-refractivity contribution in [3.05, 3.63) is 28.8 Å². The van der Waals surface area contributed by atoms with Gasteiger partial charge in [-0.3, -0.25) is 9.59 Å². The summed E-state index contributed by atoms with van der Waals surface area (Å²) in [7, 11) is -3.14. The summed E-state index contributed by atoms with van der Waals surface area (Å²) in [6.07, 6.45) is 0.706. The topological polar surface area (TPSA) is 95.9 Å². The normalized spacial score (nSPS) is 22.6. The lowest BCUT2D eigenvalue weighted by atomic mass is 10.1. The average Bonchev–Trinajstić information content (AvgIpc) is 2.91. The Bertz CT molecular complexity index is 866. The average molecular weight is 384 g/mol. The van der Waals surface area contributed by atoms with Gasteiger partial charge in [0.1, 0.15) is 5.71 Å². The molecule has 2 aliphatic heterocycles. The Labute approximate surface area is 150 Å². The van der Waals surface area contributed by atoms with Gasteiger partial charge in [-0.05, 0) is 31.0 Å². The van der Waals surface area contributed by atoms with Gasteiger partial charge in [0.15, 0.2) is 9.84 Å². The Kier molecular flexibility index (Phi) is 4.83. The van der Waals surface area contributed by atoms with Crippen LogP contribution in [0.25, 0.3) is 0 Å². The Balaban J connectivity index is 1.76. The number of amides is 2. The first-order valence-electron chi connectivity index (χ1n) is 7.92. The van der Waals surface area contributed by atoms with E-state index in [2.05, 4.69) is 10.4 Å². The van der Waals surface area contributed by atoms with Crippen molar-refractivity contribution >= 4 is 44.7 Å². The maximum Gasteiger partial charge on any atom is 0.271 e. The van der Waals surface area contributed by atoms with E-state index in [1.165, 1.54) is 5.01 Å². The van der Waals surface area contributed by atoms with E-state index in [9.17, 15) is 18.0 Å². The maximum absolute atomic E-state index is 12.4. The predicted molar refractivity (Wildman–Crippen MR) is 95.4 cm³/mol. The molecule has 1 N–H and O–H groups in total. The van der Waals surface area contributed by atoms with Crippen molar-refractivity contribution in [3.8, 4) is 0 Å². The highest BCUT2D eigenvalue weighted by Crippen LogP contribution is 2.23. The molecule has 7 nitrogen and oxygen atoms in total. The number of halogens is 1. The summed E-state index contributed by atoms with van der Waals surface area (Å²) < 4.78 is 23.3. The minimum Gasteiger partial charge on any atom is -0.321 e. The number of carbonyl (C=O) groups is 2. The molecule has 0 unspecified atom stereocenters. The van der Waals surface area contributed by atoms with Crippen molar-refractivity contribution < 1.29 is 18.0 Å². The fourth-order valence-electron chi connectivity index (χ4n) is 2.86. The molecule has 2 aliphatic rings. The van der Waals surface area contributed by atoms with Crippen LogP contribution in [0.5, 0.6) is 0 Å². The molecule has 2 heterocycles. The van der Waals surface area contributed by atoms with Gasteiger partial charge in [0.25, 0.3) is 5.91 Å². The summed E-state index contributed by atoms with van der Waals surface area (Å²) in [5.74, 6) is -0.735. The second-order valence-corrected chi connectivity index (χ2v) is 8.90. The molecule has 0 aliphatic carbocycles. The van der Waals surface area contributed by atoms with Crippen LogP contribution in [0, 0.1) is 6.92 Å². The van der Waals surface area contributed by atoms with Crippen LogP contribution >= 0.6 is 11.6 Å². The van der Waals surface area contributed by atoms with Crippen LogP contribution in [0.2, 0.25) is 5.02 Å². The number of anilines is 1. The van der Waals surface area contributed by atoms with E-state index in [-0.39, 0.29) is 36.0 Å². The Morgan fingerprint density at radius 1 is 1.36 bits per heavy atom. The van der Waals surface area contributed by atoms with Crippen LogP contribution in [-0.2, 0) is 19.4 Å². The summed E-state index contributed by atoms with van der Waals surface area (Å²) >= 11 is 6.05. The summed E-state index contributed by atoms with van der Waals surface area (Å²) in [5, 5.41) is 8.56. The van der Waals surface area contributed by atoms with Gasteiger partial charge in [0, 0.05) is 23.6 Å². The SMILES string of the molecule is Cc1ccc(NC(=O)C2=NN([C@@H]3CCS(=O)(=O)C3)C(=O)CC2)cc1Cl. The Hall–Kier alpha value is -1.93. The maximum atomic E-state index is 12.4. The standard InChI is InChI=1S/C16H18ClN3O4S/c1-10-2-3-11(8-13(10)17)18-16(22)14-4-5-15(21)20(19-14)12-6-7-25(23,24)9-12/h2-3,8,12H,4-7,9H2,1H3,(H,18,22)/t12-/m1/s1.